The molecule has 1 aliphatic carbocycles. The van der Waals surface area contributed by atoms with Gasteiger partial charge in [-0.15, -0.1) is 0 Å². The van der Waals surface area contributed by atoms with Crippen molar-refractivity contribution in [1.29, 1.82) is 0 Å². The van der Waals surface area contributed by atoms with Crippen LogP contribution >= 0.6 is 12.2 Å². The van der Waals surface area contributed by atoms with Crippen LogP contribution in [0, 0.1) is 0 Å². The van der Waals surface area contributed by atoms with E-state index in [4.69, 9.17) is 18.0 Å². The fraction of sp³-hybridized carbons (Fsp3) is 0.800. The zero-order valence-electron chi connectivity index (χ0n) is 13.7. The van der Waals surface area contributed by atoms with E-state index in [1.54, 1.807) is 6.08 Å². The van der Waals surface area contributed by atoms with Gasteiger partial charge in [0.2, 0.25) is 0 Å². The molecule has 8 nitrogen and oxygen atoms in total. The molecular weight excluding hydrogens is 334 g/mol. The van der Waals surface area contributed by atoms with Gasteiger partial charge in [-0.1, -0.05) is 25.5 Å². The zero-order chi connectivity index (χ0) is 18.3. The third kappa shape index (κ3) is 6.60. The van der Waals surface area contributed by atoms with Gasteiger partial charge in [0.1, 0.15) is 18.3 Å². The van der Waals surface area contributed by atoms with Crippen LogP contribution in [0.4, 0.5) is 0 Å². The smallest absolute Gasteiger partial charge is 0.163 e. The number of hydrogen-bond donors (Lipinski definition) is 8. The summed E-state index contributed by atoms with van der Waals surface area (Å²) in [5, 5.41) is 55.0. The fourth-order valence-electron chi connectivity index (χ4n) is 2.69. The molecule has 9 N–H and O–H groups in total. The molecule has 0 spiro atoms. The number of nitrogens with two attached hydrogens (primary N) is 1. The van der Waals surface area contributed by atoms with E-state index in [-0.39, 0.29) is 18.1 Å². The van der Waals surface area contributed by atoms with Gasteiger partial charge in [0, 0.05) is 13.0 Å². The van der Waals surface area contributed by atoms with Gasteiger partial charge in [-0.05, 0) is 18.6 Å². The highest BCUT2D eigenvalue weighted by molar-refractivity contribution is 7.80. The van der Waals surface area contributed by atoms with Gasteiger partial charge in [0.15, 0.2) is 5.11 Å². The van der Waals surface area contributed by atoms with Crippen molar-refractivity contribution in [3.8, 4) is 0 Å². The number of rotatable bonds is 9. The largest absolute Gasteiger partial charge is 0.393 e. The summed E-state index contributed by atoms with van der Waals surface area (Å²) in [7, 11) is 0. The van der Waals surface area contributed by atoms with Crippen molar-refractivity contribution in [3.63, 3.8) is 0 Å². The molecule has 0 aliphatic heterocycles. The molecule has 0 aromatic rings. The van der Waals surface area contributed by atoms with Crippen molar-refractivity contribution < 1.29 is 25.5 Å². The second kappa shape index (κ2) is 10.2. The summed E-state index contributed by atoms with van der Waals surface area (Å²) in [5.74, 6) is 0. The van der Waals surface area contributed by atoms with Gasteiger partial charge in [-0.2, -0.15) is 0 Å². The SMILES string of the molecule is CCCC(O)CC(O)C(CNC1C=CC(O)C(O)C1O)NC(N)=S. The van der Waals surface area contributed by atoms with Crippen LogP contribution in [-0.4, -0.2) is 79.8 Å². The minimum Gasteiger partial charge on any atom is -0.393 e. The molecule has 0 bridgehead atoms. The Labute approximate surface area is 147 Å². The van der Waals surface area contributed by atoms with E-state index in [1.165, 1.54) is 6.08 Å². The molecule has 1 rings (SSSR count). The molecule has 7 atom stereocenters. The molecule has 0 amide bonds. The van der Waals surface area contributed by atoms with Gasteiger partial charge in [0.05, 0.1) is 24.3 Å². The number of nitrogens with one attached hydrogen (secondary N) is 2. The lowest BCUT2D eigenvalue weighted by Gasteiger charge is -2.33. The summed E-state index contributed by atoms with van der Waals surface area (Å²) in [6.45, 7) is 2.13. The Hall–Kier alpha value is -0.810. The van der Waals surface area contributed by atoms with Gasteiger partial charge in [-0.25, -0.2) is 0 Å². The Morgan fingerprint density at radius 3 is 2.46 bits per heavy atom. The van der Waals surface area contributed by atoms with Crippen LogP contribution in [0.2, 0.25) is 0 Å². The van der Waals surface area contributed by atoms with Crippen molar-refractivity contribution in [2.75, 3.05) is 6.54 Å². The van der Waals surface area contributed by atoms with E-state index in [0.717, 1.165) is 6.42 Å². The molecule has 140 valence electrons. The molecular formula is C15H29N3O5S. The molecule has 0 aromatic heterocycles. The molecule has 0 saturated carbocycles. The monoisotopic (exact) mass is 363 g/mol. The summed E-state index contributed by atoms with van der Waals surface area (Å²) in [6, 6.07) is -1.16. The maximum Gasteiger partial charge on any atom is 0.163 e. The molecule has 0 saturated heterocycles. The quantitative estimate of drug-likeness (QED) is 0.167. The van der Waals surface area contributed by atoms with Gasteiger partial charge in [-0.3, -0.25) is 0 Å². The highest BCUT2D eigenvalue weighted by Crippen LogP contribution is 2.14. The number of aliphatic hydroxyl groups is 5. The Kier molecular flexibility index (Phi) is 9.06. The first kappa shape index (κ1) is 21.2. The highest BCUT2D eigenvalue weighted by atomic mass is 32.1. The second-order valence-electron chi connectivity index (χ2n) is 6.15. The van der Waals surface area contributed by atoms with E-state index in [2.05, 4.69) is 10.6 Å². The minimum atomic E-state index is -1.29. The van der Waals surface area contributed by atoms with Crippen LogP contribution in [0.3, 0.4) is 0 Å². The van der Waals surface area contributed by atoms with Crippen molar-refractivity contribution >= 4 is 17.3 Å². The lowest BCUT2D eigenvalue weighted by atomic mass is 9.93. The van der Waals surface area contributed by atoms with Crippen molar-refractivity contribution in [2.45, 2.75) is 68.8 Å². The normalized spacial score (nSPS) is 30.6. The number of thiocarbonyl (C=S) groups is 1. The Morgan fingerprint density at radius 1 is 1.21 bits per heavy atom. The second-order valence-corrected chi connectivity index (χ2v) is 6.59. The molecule has 0 aromatic carbocycles. The molecule has 24 heavy (non-hydrogen) atoms. The third-order valence-electron chi connectivity index (χ3n) is 4.08. The van der Waals surface area contributed by atoms with Crippen molar-refractivity contribution in [3.05, 3.63) is 12.2 Å². The summed E-state index contributed by atoms with van der Waals surface area (Å²) < 4.78 is 0. The van der Waals surface area contributed by atoms with Crippen molar-refractivity contribution in [1.82, 2.24) is 10.6 Å². The van der Waals surface area contributed by atoms with Crippen LogP contribution in [0.15, 0.2) is 12.2 Å². The third-order valence-corrected chi connectivity index (χ3v) is 4.20. The lowest BCUT2D eigenvalue weighted by molar-refractivity contribution is -0.0571. The van der Waals surface area contributed by atoms with E-state index in [0.29, 0.717) is 6.42 Å². The maximum atomic E-state index is 10.3. The van der Waals surface area contributed by atoms with Crippen LogP contribution in [-0.2, 0) is 0 Å². The predicted octanol–water partition coefficient (Wildman–Crippen LogP) is -2.29. The van der Waals surface area contributed by atoms with Crippen LogP contribution in [0.1, 0.15) is 26.2 Å². The van der Waals surface area contributed by atoms with Crippen LogP contribution in [0.5, 0.6) is 0 Å². The molecule has 7 unspecified atom stereocenters. The minimum absolute atomic E-state index is 0.0148. The highest BCUT2D eigenvalue weighted by Gasteiger charge is 2.33. The van der Waals surface area contributed by atoms with E-state index < -0.39 is 42.6 Å². The van der Waals surface area contributed by atoms with Gasteiger partial charge >= 0.3 is 0 Å². The number of aliphatic hydroxyl groups excluding tert-OH is 5. The Balaban J connectivity index is 2.62. The van der Waals surface area contributed by atoms with Gasteiger partial charge in [0.25, 0.3) is 0 Å². The molecule has 1 aliphatic rings. The predicted molar refractivity (Wildman–Crippen MR) is 94.2 cm³/mol. The maximum absolute atomic E-state index is 10.3. The Bertz CT molecular complexity index is 426. The summed E-state index contributed by atoms with van der Waals surface area (Å²) in [5.41, 5.74) is 5.48. The zero-order valence-corrected chi connectivity index (χ0v) is 14.6. The van der Waals surface area contributed by atoms with Gasteiger partial charge < -0.3 is 41.9 Å². The lowest BCUT2D eigenvalue weighted by Crippen LogP contribution is -2.57. The summed E-state index contributed by atoms with van der Waals surface area (Å²) >= 11 is 4.81. The summed E-state index contributed by atoms with van der Waals surface area (Å²) in [6.07, 6.45) is -0.608. The van der Waals surface area contributed by atoms with E-state index in [9.17, 15) is 25.5 Å². The fourth-order valence-corrected chi connectivity index (χ4v) is 2.84. The molecule has 0 heterocycles. The molecule has 0 radical (unpaired) electrons. The first-order valence-electron chi connectivity index (χ1n) is 8.14. The van der Waals surface area contributed by atoms with E-state index in [1.807, 2.05) is 6.92 Å². The molecule has 9 heteroatoms. The number of hydrogen-bond acceptors (Lipinski definition) is 7. The first-order chi connectivity index (χ1) is 11.3. The average Bonchev–Trinajstić information content (AvgIpc) is 2.50. The van der Waals surface area contributed by atoms with E-state index >= 15 is 0 Å². The van der Waals surface area contributed by atoms with Crippen LogP contribution < -0.4 is 16.4 Å². The molecule has 0 fully saturated rings. The standard InChI is InChI=1S/C15H29N3O5S/c1-2-3-8(19)6-12(21)10(18-15(16)24)7-17-9-4-5-11(20)14(23)13(9)22/h4-5,8-14,17,19-23H,2-3,6-7H2,1H3,(H3,16,18,24). The topological polar surface area (TPSA) is 151 Å². The van der Waals surface area contributed by atoms with Crippen molar-refractivity contribution in [2.24, 2.45) is 5.73 Å². The van der Waals surface area contributed by atoms with Crippen LogP contribution in [0.25, 0.3) is 0 Å². The average molecular weight is 363 g/mol. The first-order valence-corrected chi connectivity index (χ1v) is 8.55. The Morgan fingerprint density at radius 2 is 1.88 bits per heavy atom. The summed E-state index contributed by atoms with van der Waals surface area (Å²) in [4.78, 5) is 0.